The second-order valence-corrected chi connectivity index (χ2v) is 5.37. The molecule has 1 unspecified atom stereocenters. The summed E-state index contributed by atoms with van der Waals surface area (Å²) >= 11 is 0. The lowest BCUT2D eigenvalue weighted by atomic mass is 9.81. The van der Waals surface area contributed by atoms with Gasteiger partial charge in [0.25, 0.3) is 0 Å². The van der Waals surface area contributed by atoms with Crippen molar-refractivity contribution in [1.29, 1.82) is 0 Å². The van der Waals surface area contributed by atoms with Crippen molar-refractivity contribution in [3.05, 3.63) is 84.0 Å². The largest absolute Gasteiger partial charge is 0.497 e. The molecule has 1 aliphatic carbocycles. The average molecular weight is 292 g/mol. The molecule has 2 aromatic rings. The average Bonchev–Trinajstić information content (AvgIpc) is 3.10. The molecule has 112 valence electrons. The number of methoxy groups -OCH3 is 2. The molecule has 1 aliphatic rings. The van der Waals surface area contributed by atoms with Crippen LogP contribution in [0.15, 0.2) is 72.8 Å². The van der Waals surface area contributed by atoms with Gasteiger partial charge < -0.3 is 9.47 Å². The third-order valence-electron chi connectivity index (χ3n) is 4.09. The monoisotopic (exact) mass is 292 g/mol. The molecule has 2 aromatic carbocycles. The van der Waals surface area contributed by atoms with Crippen molar-refractivity contribution in [3.63, 3.8) is 0 Å². The number of allylic oxidation sites excluding steroid dienone is 4. The molecule has 3 rings (SSSR count). The van der Waals surface area contributed by atoms with Gasteiger partial charge in [-0.1, -0.05) is 48.6 Å². The van der Waals surface area contributed by atoms with Crippen LogP contribution >= 0.6 is 0 Å². The number of ether oxygens (including phenoxy) is 2. The zero-order valence-electron chi connectivity index (χ0n) is 12.9. The van der Waals surface area contributed by atoms with Crippen LogP contribution in [0.25, 0.3) is 0 Å². The molecule has 2 nitrogen and oxygen atoms in total. The Morgan fingerprint density at radius 1 is 0.773 bits per heavy atom. The smallest absolute Gasteiger partial charge is 0.119 e. The molecule has 0 aliphatic heterocycles. The Balaban J connectivity index is 2.02. The lowest BCUT2D eigenvalue weighted by molar-refractivity contribution is 0.413. The quantitative estimate of drug-likeness (QED) is 0.803. The van der Waals surface area contributed by atoms with Crippen LogP contribution in [-0.2, 0) is 0 Å². The molecule has 0 saturated carbocycles. The highest BCUT2D eigenvalue weighted by Crippen LogP contribution is 2.37. The molecule has 1 atom stereocenters. The molecule has 0 amide bonds. The molecule has 2 heteroatoms. The minimum absolute atomic E-state index is 0.274. The van der Waals surface area contributed by atoms with Crippen molar-refractivity contribution in [2.75, 3.05) is 14.2 Å². The van der Waals surface area contributed by atoms with E-state index >= 15 is 0 Å². The van der Waals surface area contributed by atoms with Crippen LogP contribution in [0.2, 0.25) is 0 Å². The molecule has 0 heterocycles. The van der Waals surface area contributed by atoms with E-state index in [-0.39, 0.29) is 5.92 Å². The van der Waals surface area contributed by atoms with Gasteiger partial charge in [0, 0.05) is 11.8 Å². The van der Waals surface area contributed by atoms with Crippen molar-refractivity contribution in [1.82, 2.24) is 0 Å². The maximum atomic E-state index is 5.38. The molecular weight excluding hydrogens is 272 g/mol. The normalized spacial score (nSPS) is 15.0. The molecule has 22 heavy (non-hydrogen) atoms. The fourth-order valence-corrected chi connectivity index (χ4v) is 2.95. The minimum Gasteiger partial charge on any atom is -0.497 e. The summed E-state index contributed by atoms with van der Waals surface area (Å²) in [6, 6.07) is 16.6. The predicted octanol–water partition coefficient (Wildman–Crippen LogP) is 4.58. The van der Waals surface area contributed by atoms with Crippen LogP contribution in [0.4, 0.5) is 0 Å². The third-order valence-corrected chi connectivity index (χ3v) is 4.09. The van der Waals surface area contributed by atoms with Gasteiger partial charge in [-0.05, 0) is 35.4 Å². The number of rotatable bonds is 5. The Morgan fingerprint density at radius 3 is 2.09 bits per heavy atom. The highest BCUT2D eigenvalue weighted by atomic mass is 16.5. The molecular formula is C20H20O2. The molecule has 0 N–H and O–H groups in total. The maximum Gasteiger partial charge on any atom is 0.119 e. The van der Waals surface area contributed by atoms with Crippen molar-refractivity contribution in [2.45, 2.75) is 5.92 Å². The van der Waals surface area contributed by atoms with Gasteiger partial charge in [0.05, 0.1) is 14.2 Å². The van der Waals surface area contributed by atoms with E-state index in [1.165, 1.54) is 11.1 Å². The van der Waals surface area contributed by atoms with Crippen LogP contribution in [0.3, 0.4) is 0 Å². The molecule has 0 bridgehead atoms. The number of hydrogen-bond acceptors (Lipinski definition) is 2. The summed E-state index contributed by atoms with van der Waals surface area (Å²) in [5.74, 6) is 2.41. The fourth-order valence-electron chi connectivity index (χ4n) is 2.95. The summed E-state index contributed by atoms with van der Waals surface area (Å²) < 4.78 is 10.7. The third kappa shape index (κ3) is 2.91. The zero-order valence-corrected chi connectivity index (χ0v) is 12.9. The van der Waals surface area contributed by atoms with Gasteiger partial charge in [0.1, 0.15) is 11.5 Å². The summed E-state index contributed by atoms with van der Waals surface area (Å²) in [5, 5.41) is 0. The van der Waals surface area contributed by atoms with Crippen LogP contribution in [0.1, 0.15) is 17.0 Å². The number of benzene rings is 2. The van der Waals surface area contributed by atoms with Gasteiger partial charge in [-0.2, -0.15) is 0 Å². The van der Waals surface area contributed by atoms with Crippen LogP contribution in [0, 0.1) is 5.92 Å². The van der Waals surface area contributed by atoms with Gasteiger partial charge in [0.2, 0.25) is 0 Å². The predicted molar refractivity (Wildman–Crippen MR) is 89.6 cm³/mol. The minimum atomic E-state index is 0.274. The first-order valence-electron chi connectivity index (χ1n) is 7.44. The molecule has 0 aromatic heterocycles. The Labute approximate surface area is 131 Å². The molecule has 0 saturated heterocycles. The Hall–Kier alpha value is -2.48. The van der Waals surface area contributed by atoms with Gasteiger partial charge >= 0.3 is 0 Å². The van der Waals surface area contributed by atoms with E-state index in [4.69, 9.17) is 9.47 Å². The highest BCUT2D eigenvalue weighted by molar-refractivity contribution is 5.42. The van der Waals surface area contributed by atoms with E-state index in [0.717, 1.165) is 11.5 Å². The van der Waals surface area contributed by atoms with Crippen LogP contribution in [-0.4, -0.2) is 14.2 Å². The SMILES string of the molecule is COc1ccc(C(c2cccc(OC)c2)C2C=CC=C2)cc1. The molecule has 0 spiro atoms. The Morgan fingerprint density at radius 2 is 1.45 bits per heavy atom. The first-order chi connectivity index (χ1) is 10.8. The van der Waals surface area contributed by atoms with Crippen LogP contribution < -0.4 is 9.47 Å². The van der Waals surface area contributed by atoms with Gasteiger partial charge in [-0.3, -0.25) is 0 Å². The zero-order chi connectivity index (χ0) is 15.4. The van der Waals surface area contributed by atoms with Gasteiger partial charge in [0.15, 0.2) is 0 Å². The van der Waals surface area contributed by atoms with E-state index in [9.17, 15) is 0 Å². The van der Waals surface area contributed by atoms with E-state index in [2.05, 4.69) is 48.6 Å². The number of hydrogen-bond donors (Lipinski definition) is 0. The lowest BCUT2D eigenvalue weighted by Crippen LogP contribution is -2.10. The first-order valence-corrected chi connectivity index (χ1v) is 7.44. The van der Waals surface area contributed by atoms with E-state index in [1.54, 1.807) is 14.2 Å². The summed E-state index contributed by atoms with van der Waals surface area (Å²) in [6.45, 7) is 0. The Bertz CT molecular complexity index is 671. The summed E-state index contributed by atoms with van der Waals surface area (Å²) in [6.07, 6.45) is 8.71. The van der Waals surface area contributed by atoms with Gasteiger partial charge in [-0.15, -0.1) is 0 Å². The fraction of sp³-hybridized carbons (Fsp3) is 0.200. The summed E-state index contributed by atoms with van der Waals surface area (Å²) in [7, 11) is 3.40. The molecule has 0 radical (unpaired) electrons. The molecule has 0 fully saturated rings. The van der Waals surface area contributed by atoms with Crippen molar-refractivity contribution >= 4 is 0 Å². The highest BCUT2D eigenvalue weighted by Gasteiger charge is 2.23. The van der Waals surface area contributed by atoms with Crippen LogP contribution in [0.5, 0.6) is 11.5 Å². The second kappa shape index (κ2) is 6.52. The van der Waals surface area contributed by atoms with E-state index in [1.807, 2.05) is 24.3 Å². The standard InChI is InChI=1S/C20H20O2/c1-21-18-12-10-16(11-13-18)20(15-6-3-4-7-15)17-8-5-9-19(14-17)22-2/h3-15,20H,1-2H3. The van der Waals surface area contributed by atoms with E-state index < -0.39 is 0 Å². The Kier molecular flexibility index (Phi) is 4.29. The second-order valence-electron chi connectivity index (χ2n) is 5.37. The first kappa shape index (κ1) is 14.5. The van der Waals surface area contributed by atoms with Crippen molar-refractivity contribution < 1.29 is 9.47 Å². The summed E-state index contributed by atoms with van der Waals surface area (Å²) in [5.41, 5.74) is 2.53. The topological polar surface area (TPSA) is 18.5 Å². The van der Waals surface area contributed by atoms with E-state index in [0.29, 0.717) is 5.92 Å². The van der Waals surface area contributed by atoms with Gasteiger partial charge in [-0.25, -0.2) is 0 Å². The van der Waals surface area contributed by atoms with Crippen molar-refractivity contribution in [2.24, 2.45) is 5.92 Å². The van der Waals surface area contributed by atoms with Crippen molar-refractivity contribution in [3.8, 4) is 11.5 Å². The maximum absolute atomic E-state index is 5.38. The summed E-state index contributed by atoms with van der Waals surface area (Å²) in [4.78, 5) is 0. The lowest BCUT2D eigenvalue weighted by Gasteiger charge is -2.23.